The number of nitrogens with zero attached hydrogens (tertiary/aromatic N) is 1. The fourth-order valence-electron chi connectivity index (χ4n) is 1.05. The van der Waals surface area contributed by atoms with Crippen LogP contribution in [0.5, 0.6) is 0 Å². The van der Waals surface area contributed by atoms with E-state index in [2.05, 4.69) is 26.8 Å². The molecule has 1 nitrogen and oxygen atoms in total. The molecule has 0 bridgehead atoms. The molecule has 0 saturated carbocycles. The van der Waals surface area contributed by atoms with Crippen LogP contribution in [0.15, 0.2) is 16.7 Å². The average Bonchev–Trinajstić information content (AvgIpc) is 2.15. The van der Waals surface area contributed by atoms with E-state index in [-0.39, 0.29) is 10.3 Å². The van der Waals surface area contributed by atoms with Crippen molar-refractivity contribution in [3.63, 3.8) is 0 Å². The average molecular weight is 292 g/mol. The third-order valence-electron chi connectivity index (χ3n) is 2.12. The van der Waals surface area contributed by atoms with Gasteiger partial charge in [-0.25, -0.2) is 4.98 Å². The minimum absolute atomic E-state index is 0.126. The highest BCUT2D eigenvalue weighted by Crippen LogP contribution is 2.33. The molecule has 0 aliphatic heterocycles. The molecule has 86 valence electrons. The van der Waals surface area contributed by atoms with Gasteiger partial charge in [-0.3, -0.25) is 0 Å². The molecule has 1 heterocycles. The van der Waals surface area contributed by atoms with Crippen molar-refractivity contribution >= 4 is 15.9 Å². The van der Waals surface area contributed by atoms with Gasteiger partial charge >= 0.3 is 6.18 Å². The number of hydrogen-bond donors (Lipinski definition) is 0. The van der Waals surface area contributed by atoms with Crippen molar-refractivity contribution in [3.8, 4) is 12.3 Å². The molecule has 1 aromatic heterocycles. The van der Waals surface area contributed by atoms with E-state index < -0.39 is 17.2 Å². The summed E-state index contributed by atoms with van der Waals surface area (Å²) in [5.41, 5.74) is -1.37. The van der Waals surface area contributed by atoms with Crippen molar-refractivity contribution in [2.75, 3.05) is 0 Å². The SMILES string of the molecule is C#CC(C)(C)c1cc(C(F)(F)F)cc(Br)n1. The van der Waals surface area contributed by atoms with Crippen molar-refractivity contribution in [3.05, 3.63) is 28.0 Å². The standard InChI is InChI=1S/C11H9BrF3N/c1-4-10(2,3)8-5-7(11(13,14)15)6-9(12)16-8/h1,5-6H,2-3H3. The lowest BCUT2D eigenvalue weighted by Gasteiger charge is -2.18. The Hall–Kier alpha value is -1.02. The van der Waals surface area contributed by atoms with Gasteiger partial charge in [0.2, 0.25) is 0 Å². The van der Waals surface area contributed by atoms with Crippen LogP contribution < -0.4 is 0 Å². The fourth-order valence-corrected chi connectivity index (χ4v) is 1.49. The summed E-state index contributed by atoms with van der Waals surface area (Å²) in [6.45, 7) is 3.28. The lowest BCUT2D eigenvalue weighted by atomic mass is 9.89. The number of halogens is 4. The first-order valence-electron chi connectivity index (χ1n) is 4.40. The van der Waals surface area contributed by atoms with E-state index in [9.17, 15) is 13.2 Å². The van der Waals surface area contributed by atoms with Crippen molar-refractivity contribution < 1.29 is 13.2 Å². The third kappa shape index (κ3) is 2.76. The van der Waals surface area contributed by atoms with Crippen molar-refractivity contribution in [1.82, 2.24) is 4.98 Å². The smallest absolute Gasteiger partial charge is 0.244 e. The van der Waals surface area contributed by atoms with Crippen LogP contribution in [0.1, 0.15) is 25.1 Å². The van der Waals surface area contributed by atoms with Crippen LogP contribution in [-0.4, -0.2) is 4.98 Å². The Morgan fingerprint density at radius 1 is 1.31 bits per heavy atom. The van der Waals surface area contributed by atoms with Gasteiger partial charge in [-0.15, -0.1) is 6.42 Å². The van der Waals surface area contributed by atoms with Gasteiger partial charge in [-0.2, -0.15) is 13.2 Å². The highest BCUT2D eigenvalue weighted by Gasteiger charge is 2.33. The van der Waals surface area contributed by atoms with Crippen LogP contribution in [0.4, 0.5) is 13.2 Å². The van der Waals surface area contributed by atoms with Gasteiger partial charge in [-0.1, -0.05) is 5.92 Å². The summed E-state index contributed by atoms with van der Waals surface area (Å²) in [6.07, 6.45) is 0.863. The first-order valence-corrected chi connectivity index (χ1v) is 5.19. The second-order valence-electron chi connectivity index (χ2n) is 3.83. The van der Waals surface area contributed by atoms with Crippen molar-refractivity contribution in [2.24, 2.45) is 0 Å². The second kappa shape index (κ2) is 4.10. The van der Waals surface area contributed by atoms with E-state index in [0.717, 1.165) is 12.1 Å². The maximum Gasteiger partial charge on any atom is 0.416 e. The molecule has 1 rings (SSSR count). The summed E-state index contributed by atoms with van der Waals surface area (Å²) in [5.74, 6) is 2.41. The quantitative estimate of drug-likeness (QED) is 0.567. The zero-order chi connectivity index (χ0) is 12.6. The van der Waals surface area contributed by atoms with Crippen LogP contribution in [0.2, 0.25) is 0 Å². The lowest BCUT2D eigenvalue weighted by Crippen LogP contribution is -2.18. The molecule has 16 heavy (non-hydrogen) atoms. The molecular formula is C11H9BrF3N. The minimum Gasteiger partial charge on any atom is -0.244 e. The van der Waals surface area contributed by atoms with Crippen molar-refractivity contribution in [1.29, 1.82) is 0 Å². The predicted molar refractivity (Wildman–Crippen MR) is 58.8 cm³/mol. The first-order chi connectivity index (χ1) is 7.16. The van der Waals surface area contributed by atoms with Crippen LogP contribution >= 0.6 is 15.9 Å². The third-order valence-corrected chi connectivity index (χ3v) is 2.53. The van der Waals surface area contributed by atoms with Crippen LogP contribution in [0.25, 0.3) is 0 Å². The van der Waals surface area contributed by atoms with Crippen LogP contribution in [-0.2, 0) is 11.6 Å². The predicted octanol–water partition coefficient (Wildman–Crippen LogP) is 3.77. The van der Waals surface area contributed by atoms with Crippen molar-refractivity contribution in [2.45, 2.75) is 25.4 Å². The zero-order valence-corrected chi connectivity index (χ0v) is 10.3. The van der Waals surface area contributed by atoms with Crippen LogP contribution in [0.3, 0.4) is 0 Å². The molecule has 5 heteroatoms. The molecule has 0 radical (unpaired) electrons. The Bertz CT molecular complexity index is 444. The highest BCUT2D eigenvalue weighted by atomic mass is 79.9. The van der Waals surface area contributed by atoms with Crippen LogP contribution in [0, 0.1) is 12.3 Å². The fraction of sp³-hybridized carbons (Fsp3) is 0.364. The zero-order valence-electron chi connectivity index (χ0n) is 8.69. The molecule has 1 aromatic rings. The van der Waals surface area contributed by atoms with Gasteiger partial charge in [0.15, 0.2) is 0 Å². The van der Waals surface area contributed by atoms with E-state index in [0.29, 0.717) is 0 Å². The Labute approximate surface area is 100 Å². The van der Waals surface area contributed by atoms with E-state index >= 15 is 0 Å². The van der Waals surface area contributed by atoms with Gasteiger partial charge in [0.25, 0.3) is 0 Å². The molecule has 0 amide bonds. The summed E-state index contributed by atoms with van der Waals surface area (Å²) >= 11 is 2.95. The number of alkyl halides is 3. The molecular weight excluding hydrogens is 283 g/mol. The molecule has 0 fully saturated rings. The lowest BCUT2D eigenvalue weighted by molar-refractivity contribution is -0.137. The second-order valence-corrected chi connectivity index (χ2v) is 4.64. The van der Waals surface area contributed by atoms with E-state index in [1.807, 2.05) is 0 Å². The summed E-state index contributed by atoms with van der Waals surface area (Å²) in [7, 11) is 0. The summed E-state index contributed by atoms with van der Waals surface area (Å²) in [6, 6.07) is 1.90. The van der Waals surface area contributed by atoms with E-state index in [4.69, 9.17) is 6.42 Å². The number of terminal acetylenes is 1. The molecule has 0 atom stereocenters. The maximum atomic E-state index is 12.5. The molecule has 0 aliphatic carbocycles. The number of aromatic nitrogens is 1. The molecule has 0 aliphatic rings. The summed E-state index contributed by atoms with van der Waals surface area (Å²) < 4.78 is 37.7. The molecule has 0 unspecified atom stereocenters. The Kier molecular flexibility index (Phi) is 3.34. The van der Waals surface area contributed by atoms with Gasteiger partial charge in [-0.05, 0) is 41.9 Å². The first kappa shape index (κ1) is 13.0. The molecule has 0 aromatic carbocycles. The number of hydrogen-bond acceptors (Lipinski definition) is 1. The van der Waals surface area contributed by atoms with Gasteiger partial charge in [0.1, 0.15) is 4.60 Å². The Morgan fingerprint density at radius 2 is 1.88 bits per heavy atom. The molecule has 0 spiro atoms. The monoisotopic (exact) mass is 291 g/mol. The maximum absolute atomic E-state index is 12.5. The Balaban J connectivity index is 3.36. The molecule has 0 N–H and O–H groups in total. The van der Waals surface area contributed by atoms with Gasteiger partial charge in [0, 0.05) is 0 Å². The van der Waals surface area contributed by atoms with E-state index in [1.54, 1.807) is 13.8 Å². The normalized spacial score (nSPS) is 12.3. The highest BCUT2D eigenvalue weighted by molar-refractivity contribution is 9.10. The number of pyridine rings is 1. The van der Waals surface area contributed by atoms with E-state index in [1.165, 1.54) is 0 Å². The summed E-state index contributed by atoms with van der Waals surface area (Å²) in [4.78, 5) is 3.96. The topological polar surface area (TPSA) is 12.9 Å². The minimum atomic E-state index is -4.40. The van der Waals surface area contributed by atoms with Gasteiger partial charge < -0.3 is 0 Å². The largest absolute Gasteiger partial charge is 0.416 e. The van der Waals surface area contributed by atoms with Gasteiger partial charge in [0.05, 0.1) is 16.7 Å². The molecule has 0 saturated heterocycles. The number of rotatable bonds is 1. The Morgan fingerprint density at radius 3 is 2.31 bits per heavy atom. The summed E-state index contributed by atoms with van der Waals surface area (Å²) in [5, 5.41) is 0.